The van der Waals surface area contributed by atoms with Crippen molar-refractivity contribution in [3.8, 4) is 33.6 Å². The summed E-state index contributed by atoms with van der Waals surface area (Å²) in [6.07, 6.45) is 0. The first-order valence-electron chi connectivity index (χ1n) is 17.4. The smallest absolute Gasteiger partial charge is 0.0555 e. The fourth-order valence-corrected chi connectivity index (χ4v) is 9.68. The van der Waals surface area contributed by atoms with E-state index in [2.05, 4.69) is 191 Å². The van der Waals surface area contributed by atoms with Gasteiger partial charge < -0.3 is 9.13 Å². The van der Waals surface area contributed by atoms with Crippen LogP contribution in [0.5, 0.6) is 0 Å². The molecular formula is C48H30N2S. The monoisotopic (exact) mass is 666 g/mol. The lowest BCUT2D eigenvalue weighted by Gasteiger charge is -2.11. The minimum atomic E-state index is 1.16. The average molecular weight is 667 g/mol. The Morgan fingerprint density at radius 3 is 1.37 bits per heavy atom. The van der Waals surface area contributed by atoms with Crippen LogP contribution in [0.4, 0.5) is 0 Å². The van der Waals surface area contributed by atoms with Gasteiger partial charge in [-0.05, 0) is 76.9 Å². The lowest BCUT2D eigenvalue weighted by molar-refractivity contribution is 1.18. The Labute approximate surface area is 298 Å². The summed E-state index contributed by atoms with van der Waals surface area (Å²) < 4.78 is 7.56. The van der Waals surface area contributed by atoms with Crippen molar-refractivity contribution in [1.29, 1.82) is 0 Å². The number of nitrogens with zero attached hydrogens (tertiary/aromatic N) is 2. The molecular weight excluding hydrogens is 637 g/mol. The molecule has 0 spiro atoms. The van der Waals surface area contributed by atoms with Crippen LogP contribution in [0.3, 0.4) is 0 Å². The molecule has 0 unspecified atom stereocenters. The molecule has 51 heavy (non-hydrogen) atoms. The standard InChI is InChI=1S/C48H30N2S/c1-3-13-31(14-4-1)32-15-11-16-33(29-32)34-17-12-20-36(30-34)50-42-24-10-8-22-40(42)46-44(50)28-26-38-37-25-27-43-45(47(37)51-48(38)46)39-21-7-9-23-41(39)49(43)35-18-5-2-6-19-35/h1-30H. The van der Waals surface area contributed by atoms with Gasteiger partial charge in [0.2, 0.25) is 0 Å². The minimum Gasteiger partial charge on any atom is -0.309 e. The molecule has 0 bridgehead atoms. The third kappa shape index (κ3) is 4.22. The molecule has 0 saturated carbocycles. The van der Waals surface area contributed by atoms with E-state index in [1.165, 1.54) is 91.7 Å². The van der Waals surface area contributed by atoms with Crippen molar-refractivity contribution in [3.63, 3.8) is 0 Å². The number of para-hydroxylation sites is 3. The first-order chi connectivity index (χ1) is 25.3. The second-order valence-corrected chi connectivity index (χ2v) is 14.3. The highest BCUT2D eigenvalue weighted by molar-refractivity contribution is 7.27. The van der Waals surface area contributed by atoms with E-state index < -0.39 is 0 Å². The molecule has 0 saturated heterocycles. The third-order valence-electron chi connectivity index (χ3n) is 10.5. The van der Waals surface area contributed by atoms with Crippen molar-refractivity contribution < 1.29 is 0 Å². The minimum absolute atomic E-state index is 1.16. The first kappa shape index (κ1) is 28.4. The number of benzene rings is 8. The highest BCUT2D eigenvalue weighted by Crippen LogP contribution is 2.47. The molecule has 0 N–H and O–H groups in total. The summed E-state index contributed by atoms with van der Waals surface area (Å²) in [7, 11) is 0. The first-order valence-corrected chi connectivity index (χ1v) is 18.3. The molecule has 0 aliphatic carbocycles. The van der Waals surface area contributed by atoms with Crippen LogP contribution in [-0.2, 0) is 0 Å². The molecule has 11 rings (SSSR count). The number of hydrogen-bond donors (Lipinski definition) is 0. The van der Waals surface area contributed by atoms with E-state index in [0.717, 1.165) is 5.69 Å². The highest BCUT2D eigenvalue weighted by atomic mass is 32.1. The van der Waals surface area contributed by atoms with Crippen LogP contribution in [0.15, 0.2) is 182 Å². The molecule has 0 amide bonds. The second kappa shape index (κ2) is 11.0. The predicted octanol–water partition coefficient (Wildman–Crippen LogP) is 13.6. The lowest BCUT2D eigenvalue weighted by atomic mass is 9.99. The highest BCUT2D eigenvalue weighted by Gasteiger charge is 2.21. The van der Waals surface area contributed by atoms with Gasteiger partial charge in [0, 0.05) is 53.1 Å². The topological polar surface area (TPSA) is 9.86 Å². The maximum absolute atomic E-state index is 2.45. The number of fused-ring (bicyclic) bond motifs is 11. The van der Waals surface area contributed by atoms with Gasteiger partial charge in [-0.1, -0.05) is 127 Å². The van der Waals surface area contributed by atoms with Crippen LogP contribution in [0.25, 0.3) is 97.4 Å². The Balaban J connectivity index is 1.16. The summed E-state index contributed by atoms with van der Waals surface area (Å²) in [5.74, 6) is 0. The van der Waals surface area contributed by atoms with Crippen molar-refractivity contribution >= 4 is 75.1 Å². The number of rotatable bonds is 4. The Hall–Kier alpha value is -6.42. The van der Waals surface area contributed by atoms with Crippen molar-refractivity contribution in [2.45, 2.75) is 0 Å². The molecule has 2 nitrogen and oxygen atoms in total. The molecule has 3 heteroatoms. The average Bonchev–Trinajstić information content (AvgIpc) is 3.86. The molecule has 0 fully saturated rings. The Morgan fingerprint density at radius 2 is 0.745 bits per heavy atom. The molecule has 238 valence electrons. The molecule has 3 heterocycles. The van der Waals surface area contributed by atoms with E-state index in [4.69, 9.17) is 0 Å². The molecule has 8 aromatic carbocycles. The van der Waals surface area contributed by atoms with Gasteiger partial charge in [-0.2, -0.15) is 0 Å². The van der Waals surface area contributed by atoms with Crippen LogP contribution in [0.1, 0.15) is 0 Å². The van der Waals surface area contributed by atoms with Crippen LogP contribution in [0.2, 0.25) is 0 Å². The summed E-state index contributed by atoms with van der Waals surface area (Å²) in [5, 5.41) is 7.86. The zero-order valence-corrected chi connectivity index (χ0v) is 28.4. The summed E-state index contributed by atoms with van der Waals surface area (Å²) in [6.45, 7) is 0. The normalized spacial score (nSPS) is 11.9. The van der Waals surface area contributed by atoms with Gasteiger partial charge >= 0.3 is 0 Å². The van der Waals surface area contributed by atoms with Gasteiger partial charge in [0.05, 0.1) is 22.1 Å². The Bertz CT molecular complexity index is 3130. The van der Waals surface area contributed by atoms with E-state index in [0.29, 0.717) is 0 Å². The quantitative estimate of drug-likeness (QED) is 0.177. The maximum atomic E-state index is 2.45. The van der Waals surface area contributed by atoms with Gasteiger partial charge in [0.1, 0.15) is 0 Å². The number of aromatic nitrogens is 2. The Kier molecular flexibility index (Phi) is 6.16. The van der Waals surface area contributed by atoms with E-state index in [9.17, 15) is 0 Å². The van der Waals surface area contributed by atoms with Crippen molar-refractivity contribution in [3.05, 3.63) is 182 Å². The van der Waals surface area contributed by atoms with Crippen molar-refractivity contribution in [2.24, 2.45) is 0 Å². The van der Waals surface area contributed by atoms with Gasteiger partial charge in [-0.25, -0.2) is 0 Å². The van der Waals surface area contributed by atoms with E-state index >= 15 is 0 Å². The SMILES string of the molecule is c1ccc(-c2cccc(-c3cccc(-n4c5ccccc5c5c6sc7c(ccc8c7c7ccccc7n8-c7ccccc7)c6ccc54)c3)c2)cc1. The van der Waals surface area contributed by atoms with Crippen LogP contribution in [0, 0.1) is 0 Å². The van der Waals surface area contributed by atoms with Crippen LogP contribution >= 0.6 is 11.3 Å². The van der Waals surface area contributed by atoms with Gasteiger partial charge in [-0.3, -0.25) is 0 Å². The van der Waals surface area contributed by atoms with Crippen molar-refractivity contribution in [1.82, 2.24) is 9.13 Å². The summed E-state index contributed by atoms with van der Waals surface area (Å²) >= 11 is 1.94. The summed E-state index contributed by atoms with van der Waals surface area (Å²) in [6, 6.07) is 66.3. The second-order valence-electron chi connectivity index (χ2n) is 13.3. The zero-order valence-electron chi connectivity index (χ0n) is 27.6. The lowest BCUT2D eigenvalue weighted by Crippen LogP contribution is -1.94. The molecule has 0 aliphatic rings. The largest absolute Gasteiger partial charge is 0.309 e. The molecule has 3 aromatic heterocycles. The Morgan fingerprint density at radius 1 is 0.294 bits per heavy atom. The van der Waals surface area contributed by atoms with Crippen LogP contribution in [-0.4, -0.2) is 9.13 Å². The van der Waals surface area contributed by atoms with Gasteiger partial charge in [-0.15, -0.1) is 11.3 Å². The fraction of sp³-hybridized carbons (Fsp3) is 0. The van der Waals surface area contributed by atoms with Gasteiger partial charge in [0.15, 0.2) is 0 Å². The maximum Gasteiger partial charge on any atom is 0.0555 e. The predicted molar refractivity (Wildman–Crippen MR) is 219 cm³/mol. The molecule has 11 aromatic rings. The molecule has 0 radical (unpaired) electrons. The summed E-state index contributed by atoms with van der Waals surface area (Å²) in [4.78, 5) is 0. The van der Waals surface area contributed by atoms with E-state index in [1.807, 2.05) is 11.3 Å². The number of hydrogen-bond acceptors (Lipinski definition) is 1. The van der Waals surface area contributed by atoms with E-state index in [1.54, 1.807) is 0 Å². The fourth-order valence-electron chi connectivity index (χ4n) is 8.26. The van der Waals surface area contributed by atoms with Crippen molar-refractivity contribution in [2.75, 3.05) is 0 Å². The van der Waals surface area contributed by atoms with Gasteiger partial charge in [0.25, 0.3) is 0 Å². The summed E-state index contributed by atoms with van der Waals surface area (Å²) in [5.41, 5.74) is 12.2. The zero-order chi connectivity index (χ0) is 33.5. The number of thiophene rings is 1. The van der Waals surface area contributed by atoms with Crippen LogP contribution < -0.4 is 0 Å². The molecule has 0 atom stereocenters. The van der Waals surface area contributed by atoms with E-state index in [-0.39, 0.29) is 0 Å². The third-order valence-corrected chi connectivity index (χ3v) is 11.8. The molecule has 0 aliphatic heterocycles.